The third kappa shape index (κ3) is 3.73. The number of unbranched alkanes of at least 4 members (excludes halogenated alkanes) is 1. The lowest BCUT2D eigenvalue weighted by molar-refractivity contribution is 0.0762. The van der Waals surface area contributed by atoms with Crippen molar-refractivity contribution in [1.29, 1.82) is 0 Å². The van der Waals surface area contributed by atoms with Gasteiger partial charge in [-0.25, -0.2) is 0 Å². The van der Waals surface area contributed by atoms with Crippen molar-refractivity contribution in [2.75, 3.05) is 19.0 Å². The Hall–Kier alpha value is -1.03. The van der Waals surface area contributed by atoms with Crippen LogP contribution in [0.25, 0.3) is 0 Å². The summed E-state index contributed by atoms with van der Waals surface area (Å²) in [6, 6.07) is 0. The molecule has 0 bridgehead atoms. The van der Waals surface area contributed by atoms with Gasteiger partial charge in [-0.1, -0.05) is 20.3 Å². The minimum atomic E-state index is 0.0500. The quantitative estimate of drug-likeness (QED) is 0.715. The number of alkyl halides is 1. The molecule has 1 heterocycles. The molecule has 0 aliphatic heterocycles. The summed E-state index contributed by atoms with van der Waals surface area (Å²) >= 11 is 5.77. The number of hydrogen-bond donors (Lipinski definition) is 0. The van der Waals surface area contributed by atoms with Crippen molar-refractivity contribution >= 4 is 17.5 Å². The van der Waals surface area contributed by atoms with E-state index >= 15 is 0 Å². The van der Waals surface area contributed by atoms with Crippen LogP contribution in [0.5, 0.6) is 0 Å². The van der Waals surface area contributed by atoms with Gasteiger partial charge in [0.25, 0.3) is 5.91 Å². The van der Waals surface area contributed by atoms with Gasteiger partial charge in [0, 0.05) is 32.2 Å². The van der Waals surface area contributed by atoms with Crippen molar-refractivity contribution in [2.24, 2.45) is 7.05 Å². The van der Waals surface area contributed by atoms with E-state index in [2.05, 4.69) is 12.0 Å². The third-order valence-electron chi connectivity index (χ3n) is 2.89. The zero-order valence-corrected chi connectivity index (χ0v) is 12.2. The van der Waals surface area contributed by atoms with Crippen LogP contribution in [-0.2, 0) is 13.5 Å². The van der Waals surface area contributed by atoms with Gasteiger partial charge in [-0.2, -0.15) is 5.10 Å². The summed E-state index contributed by atoms with van der Waals surface area (Å²) in [6.45, 7) is 5.49. The number of carbonyl (C=O) groups excluding carboxylic acids is 1. The monoisotopic (exact) mass is 271 g/mol. The predicted molar refractivity (Wildman–Crippen MR) is 74.1 cm³/mol. The molecule has 0 saturated carbocycles. The highest BCUT2D eigenvalue weighted by Crippen LogP contribution is 2.12. The second-order valence-electron chi connectivity index (χ2n) is 4.35. The number of aryl methyl sites for hydroxylation is 2. The second-order valence-corrected chi connectivity index (χ2v) is 4.73. The number of hydrogen-bond acceptors (Lipinski definition) is 2. The highest BCUT2D eigenvalue weighted by atomic mass is 35.5. The van der Waals surface area contributed by atoms with Gasteiger partial charge >= 0.3 is 0 Å². The molecule has 0 aliphatic carbocycles. The largest absolute Gasteiger partial charge is 0.337 e. The van der Waals surface area contributed by atoms with Gasteiger partial charge in [0.1, 0.15) is 0 Å². The molecular formula is C13H22ClN3O. The van der Waals surface area contributed by atoms with Crippen LogP contribution < -0.4 is 0 Å². The minimum absolute atomic E-state index is 0.0500. The van der Waals surface area contributed by atoms with E-state index in [4.69, 9.17) is 11.6 Å². The summed E-state index contributed by atoms with van der Waals surface area (Å²) in [5, 5.41) is 4.31. The second kappa shape index (κ2) is 7.41. The number of amides is 1. The molecule has 18 heavy (non-hydrogen) atoms. The summed E-state index contributed by atoms with van der Waals surface area (Å²) in [5.74, 6) is 0.519. The molecule has 102 valence electrons. The maximum absolute atomic E-state index is 12.4. The van der Waals surface area contributed by atoms with Crippen LogP contribution in [0.4, 0.5) is 0 Å². The molecule has 0 aromatic carbocycles. The average molecular weight is 272 g/mol. The molecule has 0 unspecified atom stereocenters. The SMILES string of the molecule is CCCCN(CCCl)C(=O)c1cn(C)nc1CC. The van der Waals surface area contributed by atoms with Gasteiger partial charge in [-0.3, -0.25) is 9.48 Å². The van der Waals surface area contributed by atoms with Crippen LogP contribution in [0, 0.1) is 0 Å². The van der Waals surface area contributed by atoms with Gasteiger partial charge in [0.05, 0.1) is 11.3 Å². The summed E-state index contributed by atoms with van der Waals surface area (Å²) in [5.41, 5.74) is 1.57. The van der Waals surface area contributed by atoms with Gasteiger partial charge in [-0.15, -0.1) is 11.6 Å². The topological polar surface area (TPSA) is 38.1 Å². The molecule has 1 amide bonds. The summed E-state index contributed by atoms with van der Waals surface area (Å²) in [7, 11) is 1.84. The fourth-order valence-electron chi connectivity index (χ4n) is 1.91. The van der Waals surface area contributed by atoms with E-state index in [0.29, 0.717) is 18.0 Å². The summed E-state index contributed by atoms with van der Waals surface area (Å²) in [6.07, 6.45) is 4.64. The number of rotatable bonds is 7. The Morgan fingerprint density at radius 3 is 2.72 bits per heavy atom. The molecule has 1 rings (SSSR count). The average Bonchev–Trinajstić information content (AvgIpc) is 2.75. The molecule has 4 nitrogen and oxygen atoms in total. The Labute approximate surface area is 114 Å². The van der Waals surface area contributed by atoms with E-state index in [0.717, 1.165) is 31.5 Å². The third-order valence-corrected chi connectivity index (χ3v) is 3.06. The fraction of sp³-hybridized carbons (Fsp3) is 0.692. The highest BCUT2D eigenvalue weighted by molar-refractivity contribution is 6.18. The van der Waals surface area contributed by atoms with E-state index < -0.39 is 0 Å². The fourth-order valence-corrected chi connectivity index (χ4v) is 2.11. The van der Waals surface area contributed by atoms with Crippen molar-refractivity contribution in [3.63, 3.8) is 0 Å². The molecule has 0 radical (unpaired) electrons. The summed E-state index contributed by atoms with van der Waals surface area (Å²) in [4.78, 5) is 14.3. The predicted octanol–water partition coefficient (Wildman–Crippen LogP) is 2.46. The van der Waals surface area contributed by atoms with Gasteiger partial charge in [0.15, 0.2) is 0 Å². The van der Waals surface area contributed by atoms with Crippen molar-refractivity contribution in [1.82, 2.24) is 14.7 Å². The van der Waals surface area contributed by atoms with Crippen LogP contribution in [0.1, 0.15) is 42.7 Å². The number of nitrogens with zero attached hydrogens (tertiary/aromatic N) is 3. The lowest BCUT2D eigenvalue weighted by atomic mass is 10.2. The molecule has 0 fully saturated rings. The lowest BCUT2D eigenvalue weighted by Gasteiger charge is -2.21. The van der Waals surface area contributed by atoms with Gasteiger partial charge in [0.2, 0.25) is 0 Å². The minimum Gasteiger partial charge on any atom is -0.337 e. The molecule has 0 aliphatic rings. The number of halogens is 1. The lowest BCUT2D eigenvalue weighted by Crippen LogP contribution is -2.34. The highest BCUT2D eigenvalue weighted by Gasteiger charge is 2.20. The molecular weight excluding hydrogens is 250 g/mol. The molecule has 1 aromatic rings. The molecule has 1 aromatic heterocycles. The first-order valence-electron chi connectivity index (χ1n) is 6.51. The molecule has 5 heteroatoms. The maximum Gasteiger partial charge on any atom is 0.257 e. The Balaban J connectivity index is 2.86. The Kier molecular flexibility index (Phi) is 6.19. The van der Waals surface area contributed by atoms with Crippen molar-refractivity contribution < 1.29 is 4.79 Å². The van der Waals surface area contributed by atoms with E-state index in [9.17, 15) is 4.79 Å². The van der Waals surface area contributed by atoms with Crippen LogP contribution >= 0.6 is 11.6 Å². The van der Waals surface area contributed by atoms with Crippen LogP contribution in [0.3, 0.4) is 0 Å². The zero-order chi connectivity index (χ0) is 13.5. The van der Waals surface area contributed by atoms with Crippen LogP contribution in [-0.4, -0.2) is 39.6 Å². The maximum atomic E-state index is 12.4. The van der Waals surface area contributed by atoms with Crippen molar-refractivity contribution in [3.05, 3.63) is 17.5 Å². The van der Waals surface area contributed by atoms with Crippen LogP contribution in [0.2, 0.25) is 0 Å². The zero-order valence-electron chi connectivity index (χ0n) is 11.4. The first-order valence-corrected chi connectivity index (χ1v) is 7.05. The van der Waals surface area contributed by atoms with Crippen molar-refractivity contribution in [2.45, 2.75) is 33.1 Å². The molecule has 0 spiro atoms. The number of aromatic nitrogens is 2. The normalized spacial score (nSPS) is 10.7. The molecule has 0 saturated heterocycles. The first kappa shape index (κ1) is 15.0. The Morgan fingerprint density at radius 1 is 1.44 bits per heavy atom. The van der Waals surface area contributed by atoms with E-state index in [-0.39, 0.29) is 5.91 Å². The van der Waals surface area contributed by atoms with E-state index in [1.165, 1.54) is 0 Å². The van der Waals surface area contributed by atoms with Gasteiger partial charge < -0.3 is 4.90 Å². The Morgan fingerprint density at radius 2 is 2.17 bits per heavy atom. The van der Waals surface area contributed by atoms with Crippen molar-refractivity contribution in [3.8, 4) is 0 Å². The first-order chi connectivity index (χ1) is 8.63. The number of carbonyl (C=O) groups is 1. The summed E-state index contributed by atoms with van der Waals surface area (Å²) < 4.78 is 1.70. The van der Waals surface area contributed by atoms with Gasteiger partial charge in [-0.05, 0) is 12.8 Å². The molecule has 0 N–H and O–H groups in total. The smallest absolute Gasteiger partial charge is 0.257 e. The van der Waals surface area contributed by atoms with E-state index in [1.807, 2.05) is 18.9 Å². The van der Waals surface area contributed by atoms with Crippen LogP contribution in [0.15, 0.2) is 6.20 Å². The van der Waals surface area contributed by atoms with E-state index in [1.54, 1.807) is 10.9 Å². The standard InChI is InChI=1S/C13H22ClN3O/c1-4-6-8-17(9-7-14)13(18)11-10-16(3)15-12(11)5-2/h10H,4-9H2,1-3H3. The Bertz CT molecular complexity index is 390. The molecule has 0 atom stereocenters.